The molecular weight excluding hydrogens is 362 g/mol. The van der Waals surface area contributed by atoms with Crippen LogP contribution in [0.3, 0.4) is 0 Å². The molecule has 10 heteroatoms. The molecule has 0 N–H and O–H groups in total. The molecule has 0 aliphatic carbocycles. The fourth-order valence-electron chi connectivity index (χ4n) is 2.82. The second-order valence-electron chi connectivity index (χ2n) is 5.57. The van der Waals surface area contributed by atoms with E-state index in [9.17, 15) is 13.2 Å². The molecule has 1 aliphatic rings. The maximum atomic E-state index is 12.7. The van der Waals surface area contributed by atoms with Crippen LogP contribution >= 0.6 is 11.3 Å². The van der Waals surface area contributed by atoms with Gasteiger partial charge in [0.2, 0.25) is 0 Å². The Balaban J connectivity index is 1.49. The Hall–Kier alpha value is -2.30. The van der Waals surface area contributed by atoms with E-state index in [2.05, 4.69) is 10.1 Å². The van der Waals surface area contributed by atoms with E-state index in [1.54, 1.807) is 45.4 Å². The van der Waals surface area contributed by atoms with Gasteiger partial charge in [-0.25, -0.2) is 17.9 Å². The molecule has 1 fully saturated rings. The second-order valence-corrected chi connectivity index (χ2v) is 8.69. The Morgan fingerprint density at radius 1 is 1.16 bits per heavy atom. The van der Waals surface area contributed by atoms with Crippen molar-refractivity contribution in [1.29, 1.82) is 0 Å². The van der Waals surface area contributed by atoms with Gasteiger partial charge in [-0.05, 0) is 17.5 Å². The van der Waals surface area contributed by atoms with E-state index in [1.807, 2.05) is 0 Å². The number of hydrogen-bond donors (Lipinski definition) is 0. The summed E-state index contributed by atoms with van der Waals surface area (Å²) >= 11 is 1.20. The van der Waals surface area contributed by atoms with Crippen LogP contribution in [0.15, 0.2) is 46.4 Å². The first-order valence-electron chi connectivity index (χ1n) is 7.68. The summed E-state index contributed by atoms with van der Waals surface area (Å²) in [7, 11) is -3.47. The highest BCUT2D eigenvalue weighted by Gasteiger charge is 2.31. The first kappa shape index (κ1) is 16.2. The van der Waals surface area contributed by atoms with Crippen LogP contribution in [0.4, 0.5) is 0 Å². The minimum Gasteiger partial charge on any atom is -0.336 e. The Bertz CT molecular complexity index is 1000. The summed E-state index contributed by atoms with van der Waals surface area (Å²) < 4.78 is 28.4. The third-order valence-corrected chi connectivity index (χ3v) is 7.40. The minimum atomic E-state index is -3.47. The van der Waals surface area contributed by atoms with Gasteiger partial charge in [0, 0.05) is 38.6 Å². The van der Waals surface area contributed by atoms with Crippen molar-refractivity contribution < 1.29 is 13.2 Å². The van der Waals surface area contributed by atoms with Crippen LogP contribution in [0, 0.1) is 0 Å². The fraction of sp³-hybridized carbons (Fsp3) is 0.267. The number of nitrogens with zero attached hydrogens (tertiary/aromatic N) is 5. The highest BCUT2D eigenvalue weighted by molar-refractivity contribution is 7.91. The fourth-order valence-corrected chi connectivity index (χ4v) is 5.38. The lowest BCUT2D eigenvalue weighted by molar-refractivity contribution is 0.0699. The van der Waals surface area contributed by atoms with Crippen LogP contribution < -0.4 is 0 Å². The standard InChI is InChI=1S/C15H15N5O3S2/c21-15(12-11-17-20-5-2-4-16-14(12)20)18-6-8-19(9-7-18)25(22,23)13-3-1-10-24-13/h1-5,10-11H,6-9H2. The van der Waals surface area contributed by atoms with Gasteiger partial charge in [-0.3, -0.25) is 4.79 Å². The Labute approximate surface area is 148 Å². The quantitative estimate of drug-likeness (QED) is 0.678. The van der Waals surface area contributed by atoms with E-state index >= 15 is 0 Å². The molecule has 130 valence electrons. The number of carbonyl (C=O) groups is 1. The zero-order chi connectivity index (χ0) is 17.4. The van der Waals surface area contributed by atoms with Gasteiger partial charge in [-0.2, -0.15) is 9.40 Å². The van der Waals surface area contributed by atoms with Crippen LogP contribution in [-0.4, -0.2) is 64.3 Å². The lowest BCUT2D eigenvalue weighted by atomic mass is 10.2. The summed E-state index contributed by atoms with van der Waals surface area (Å²) in [5.41, 5.74) is 0.927. The van der Waals surface area contributed by atoms with Crippen molar-refractivity contribution in [2.24, 2.45) is 0 Å². The van der Waals surface area contributed by atoms with Gasteiger partial charge < -0.3 is 4.90 Å². The Kier molecular flexibility index (Phi) is 4.02. The molecule has 3 aromatic heterocycles. The number of amides is 1. The van der Waals surface area contributed by atoms with Crippen LogP contribution in [-0.2, 0) is 10.0 Å². The molecule has 1 aliphatic heterocycles. The number of carbonyl (C=O) groups excluding carboxylic acids is 1. The van der Waals surface area contributed by atoms with Crippen molar-refractivity contribution in [2.75, 3.05) is 26.2 Å². The zero-order valence-electron chi connectivity index (χ0n) is 13.1. The number of rotatable bonds is 3. The van der Waals surface area contributed by atoms with Gasteiger partial charge in [-0.1, -0.05) is 6.07 Å². The predicted molar refractivity (Wildman–Crippen MR) is 92.0 cm³/mol. The maximum Gasteiger partial charge on any atom is 0.259 e. The first-order valence-corrected chi connectivity index (χ1v) is 10.0. The van der Waals surface area contributed by atoms with Crippen LogP contribution in [0.1, 0.15) is 10.4 Å². The molecule has 8 nitrogen and oxygen atoms in total. The van der Waals surface area contributed by atoms with Gasteiger partial charge in [0.1, 0.15) is 9.77 Å². The van der Waals surface area contributed by atoms with Crippen molar-refractivity contribution >= 4 is 32.9 Å². The maximum absolute atomic E-state index is 12.7. The van der Waals surface area contributed by atoms with Crippen LogP contribution in [0.25, 0.3) is 5.65 Å². The summed E-state index contributed by atoms with van der Waals surface area (Å²) in [6.07, 6.45) is 4.84. The lowest BCUT2D eigenvalue weighted by Gasteiger charge is -2.33. The molecule has 0 unspecified atom stereocenters. The molecule has 4 rings (SSSR count). The number of aromatic nitrogens is 3. The largest absolute Gasteiger partial charge is 0.336 e. The van der Waals surface area contributed by atoms with Crippen molar-refractivity contribution in [3.8, 4) is 0 Å². The van der Waals surface area contributed by atoms with Crippen molar-refractivity contribution in [3.05, 3.63) is 47.7 Å². The molecule has 0 aromatic carbocycles. The Morgan fingerprint density at radius 3 is 2.68 bits per heavy atom. The topological polar surface area (TPSA) is 87.9 Å². The van der Waals surface area contributed by atoms with E-state index in [4.69, 9.17) is 0 Å². The Morgan fingerprint density at radius 2 is 1.96 bits per heavy atom. The molecule has 0 radical (unpaired) electrons. The van der Waals surface area contributed by atoms with E-state index in [-0.39, 0.29) is 19.0 Å². The van der Waals surface area contributed by atoms with Gasteiger partial charge in [0.15, 0.2) is 5.65 Å². The summed E-state index contributed by atoms with van der Waals surface area (Å²) in [6.45, 7) is 1.23. The average molecular weight is 377 g/mol. The lowest BCUT2D eigenvalue weighted by Crippen LogP contribution is -2.50. The molecule has 1 amide bonds. The van der Waals surface area contributed by atoms with E-state index in [0.717, 1.165) is 0 Å². The molecular formula is C15H15N5O3S2. The molecule has 1 saturated heterocycles. The van der Waals surface area contributed by atoms with Crippen molar-refractivity contribution in [1.82, 2.24) is 23.8 Å². The average Bonchev–Trinajstić information content (AvgIpc) is 3.31. The number of fused-ring (bicyclic) bond motifs is 1. The van der Waals surface area contributed by atoms with Crippen molar-refractivity contribution in [3.63, 3.8) is 0 Å². The van der Waals surface area contributed by atoms with Gasteiger partial charge in [-0.15, -0.1) is 11.3 Å². The van der Waals surface area contributed by atoms with Crippen molar-refractivity contribution in [2.45, 2.75) is 4.21 Å². The highest BCUT2D eigenvalue weighted by atomic mass is 32.2. The smallest absolute Gasteiger partial charge is 0.259 e. The first-order chi connectivity index (χ1) is 12.1. The third kappa shape index (κ3) is 2.81. The SMILES string of the molecule is O=C(c1cnn2cccnc12)N1CCN(S(=O)(=O)c2cccs2)CC1. The van der Waals surface area contributed by atoms with Gasteiger partial charge >= 0.3 is 0 Å². The monoisotopic (exact) mass is 377 g/mol. The molecule has 0 spiro atoms. The molecule has 0 saturated carbocycles. The van der Waals surface area contributed by atoms with Crippen LogP contribution in [0.5, 0.6) is 0 Å². The molecule has 4 heterocycles. The molecule has 0 bridgehead atoms. The summed E-state index contributed by atoms with van der Waals surface area (Å²) in [6, 6.07) is 5.06. The molecule has 25 heavy (non-hydrogen) atoms. The van der Waals surface area contributed by atoms with E-state index in [1.165, 1.54) is 21.8 Å². The molecule has 3 aromatic rings. The van der Waals surface area contributed by atoms with Gasteiger partial charge in [0.05, 0.1) is 6.20 Å². The second kappa shape index (κ2) is 6.21. The predicted octanol–water partition coefficient (Wildman–Crippen LogP) is 0.937. The highest BCUT2D eigenvalue weighted by Crippen LogP contribution is 2.22. The van der Waals surface area contributed by atoms with Crippen LogP contribution in [0.2, 0.25) is 0 Å². The summed E-state index contributed by atoms with van der Waals surface area (Å²) in [4.78, 5) is 18.6. The number of thiophene rings is 1. The summed E-state index contributed by atoms with van der Waals surface area (Å²) in [5, 5.41) is 5.87. The molecule has 0 atom stereocenters. The number of sulfonamides is 1. The zero-order valence-corrected chi connectivity index (χ0v) is 14.8. The number of hydrogen-bond acceptors (Lipinski definition) is 6. The minimum absolute atomic E-state index is 0.179. The third-order valence-electron chi connectivity index (χ3n) is 4.12. The number of piperazine rings is 1. The normalized spacial score (nSPS) is 16.4. The van der Waals surface area contributed by atoms with Gasteiger partial charge in [0.25, 0.3) is 15.9 Å². The van der Waals surface area contributed by atoms with E-state index < -0.39 is 10.0 Å². The van der Waals surface area contributed by atoms with E-state index in [0.29, 0.717) is 28.5 Å². The summed E-state index contributed by atoms with van der Waals surface area (Å²) in [5.74, 6) is -0.179.